The highest BCUT2D eigenvalue weighted by molar-refractivity contribution is 5.74. The van der Waals surface area contributed by atoms with Crippen LogP contribution in [0.3, 0.4) is 0 Å². The Morgan fingerprint density at radius 1 is 1.33 bits per heavy atom. The van der Waals surface area contributed by atoms with E-state index in [1.54, 1.807) is 0 Å². The molecule has 0 aromatic carbocycles. The van der Waals surface area contributed by atoms with Crippen LogP contribution in [0.5, 0.6) is 0 Å². The number of urea groups is 1. The van der Waals surface area contributed by atoms with Crippen molar-refractivity contribution >= 4 is 6.03 Å². The Kier molecular flexibility index (Phi) is 4.41. The molecule has 3 rings (SSSR count). The highest BCUT2D eigenvalue weighted by Crippen LogP contribution is 2.26. The highest BCUT2D eigenvalue weighted by atomic mass is 16.5. The Morgan fingerprint density at radius 2 is 2.14 bits per heavy atom. The molecular weight excluding hydrogens is 268 g/mol. The predicted molar refractivity (Wildman–Crippen MR) is 77.9 cm³/mol. The first-order chi connectivity index (χ1) is 10.2. The second-order valence-corrected chi connectivity index (χ2v) is 6.30. The molecule has 1 N–H and O–H groups in total. The van der Waals surface area contributed by atoms with Crippen molar-refractivity contribution in [1.29, 1.82) is 0 Å². The molecule has 1 aliphatic carbocycles. The molecule has 1 atom stereocenters. The summed E-state index contributed by atoms with van der Waals surface area (Å²) < 4.78 is 5.25. The molecule has 21 heavy (non-hydrogen) atoms. The summed E-state index contributed by atoms with van der Waals surface area (Å²) >= 11 is 0. The minimum Gasteiger partial charge on any atom is -0.339 e. The van der Waals surface area contributed by atoms with E-state index in [4.69, 9.17) is 4.52 Å². The molecule has 2 heterocycles. The number of carbonyl (C=O) groups is 1. The van der Waals surface area contributed by atoms with E-state index in [1.165, 1.54) is 25.7 Å². The fraction of sp³-hybridized carbons (Fsp3) is 0.800. The van der Waals surface area contributed by atoms with Crippen LogP contribution in [-0.4, -0.2) is 40.7 Å². The number of hydrogen-bond acceptors (Lipinski definition) is 4. The number of rotatable bonds is 3. The van der Waals surface area contributed by atoms with Crippen molar-refractivity contribution in [3.05, 3.63) is 11.7 Å². The maximum Gasteiger partial charge on any atom is 0.317 e. The molecular formula is C15H24N4O2. The van der Waals surface area contributed by atoms with Crippen molar-refractivity contribution in [2.45, 2.75) is 51.4 Å². The molecule has 1 aliphatic heterocycles. The summed E-state index contributed by atoms with van der Waals surface area (Å²) in [6.45, 7) is 4.14. The predicted octanol–water partition coefficient (Wildman–Crippen LogP) is 2.46. The zero-order chi connectivity index (χ0) is 14.7. The van der Waals surface area contributed by atoms with Crippen LogP contribution in [0, 0.1) is 12.8 Å². The SMILES string of the molecule is Cc1noc(C2CCCN(C(=O)NCC3CCCC3)C2)n1. The molecule has 0 spiro atoms. The van der Waals surface area contributed by atoms with Crippen LogP contribution >= 0.6 is 0 Å². The molecule has 1 aromatic heterocycles. The Morgan fingerprint density at radius 3 is 2.86 bits per heavy atom. The van der Waals surface area contributed by atoms with E-state index in [0.29, 0.717) is 24.2 Å². The van der Waals surface area contributed by atoms with Crippen LogP contribution in [0.4, 0.5) is 4.79 Å². The van der Waals surface area contributed by atoms with Crippen molar-refractivity contribution in [2.75, 3.05) is 19.6 Å². The fourth-order valence-electron chi connectivity index (χ4n) is 3.40. The van der Waals surface area contributed by atoms with Gasteiger partial charge in [-0.25, -0.2) is 4.79 Å². The maximum atomic E-state index is 12.3. The van der Waals surface area contributed by atoms with Crippen LogP contribution in [0.25, 0.3) is 0 Å². The smallest absolute Gasteiger partial charge is 0.317 e. The number of amides is 2. The molecule has 6 heteroatoms. The molecule has 2 aliphatic rings. The van der Waals surface area contributed by atoms with Gasteiger partial charge in [0.2, 0.25) is 5.89 Å². The first-order valence-electron chi connectivity index (χ1n) is 8.05. The van der Waals surface area contributed by atoms with Crippen molar-refractivity contribution in [3.8, 4) is 0 Å². The monoisotopic (exact) mass is 292 g/mol. The van der Waals surface area contributed by atoms with Gasteiger partial charge < -0.3 is 14.7 Å². The minimum absolute atomic E-state index is 0.0582. The average Bonchev–Trinajstić information content (AvgIpc) is 3.16. The molecule has 2 fully saturated rings. The van der Waals surface area contributed by atoms with Gasteiger partial charge in [0.1, 0.15) is 0 Å². The standard InChI is InChI=1S/C15H24N4O2/c1-11-17-14(21-18-11)13-7-4-8-19(10-13)15(20)16-9-12-5-2-3-6-12/h12-13H,2-10H2,1H3,(H,16,20). The fourth-order valence-corrected chi connectivity index (χ4v) is 3.40. The molecule has 1 saturated heterocycles. The second kappa shape index (κ2) is 6.45. The number of nitrogens with one attached hydrogen (secondary N) is 1. The van der Waals surface area contributed by atoms with Gasteiger partial charge in [0.15, 0.2) is 5.82 Å². The van der Waals surface area contributed by atoms with Gasteiger partial charge in [-0.2, -0.15) is 4.98 Å². The molecule has 2 amide bonds. The second-order valence-electron chi connectivity index (χ2n) is 6.30. The summed E-state index contributed by atoms with van der Waals surface area (Å²) in [5, 5.41) is 6.94. The number of aryl methyl sites for hydroxylation is 1. The Bertz CT molecular complexity index is 482. The summed E-state index contributed by atoms with van der Waals surface area (Å²) in [5.74, 6) is 2.18. The van der Waals surface area contributed by atoms with Crippen LogP contribution in [0.1, 0.15) is 56.2 Å². The van der Waals surface area contributed by atoms with Gasteiger partial charge in [0, 0.05) is 19.6 Å². The van der Waals surface area contributed by atoms with Crippen molar-refractivity contribution in [3.63, 3.8) is 0 Å². The van der Waals surface area contributed by atoms with Crippen molar-refractivity contribution < 1.29 is 9.32 Å². The van der Waals surface area contributed by atoms with Crippen LogP contribution in [0.15, 0.2) is 4.52 Å². The third-order valence-corrected chi connectivity index (χ3v) is 4.62. The summed E-state index contributed by atoms with van der Waals surface area (Å²) in [5.41, 5.74) is 0. The number of nitrogens with zero attached hydrogens (tertiary/aromatic N) is 3. The van der Waals surface area contributed by atoms with Gasteiger partial charge in [-0.1, -0.05) is 18.0 Å². The summed E-state index contributed by atoms with van der Waals surface area (Å²) in [6, 6.07) is 0.0582. The van der Waals surface area contributed by atoms with Gasteiger partial charge >= 0.3 is 6.03 Å². The lowest BCUT2D eigenvalue weighted by molar-refractivity contribution is 0.170. The molecule has 1 saturated carbocycles. The van der Waals surface area contributed by atoms with E-state index in [-0.39, 0.29) is 11.9 Å². The molecule has 6 nitrogen and oxygen atoms in total. The van der Waals surface area contributed by atoms with Gasteiger partial charge in [-0.3, -0.25) is 0 Å². The van der Waals surface area contributed by atoms with Gasteiger partial charge in [-0.15, -0.1) is 0 Å². The van der Waals surface area contributed by atoms with E-state index < -0.39 is 0 Å². The Hall–Kier alpha value is -1.59. The summed E-state index contributed by atoms with van der Waals surface area (Å²) in [7, 11) is 0. The van der Waals surface area contributed by atoms with Crippen LogP contribution < -0.4 is 5.32 Å². The molecule has 1 aromatic rings. The minimum atomic E-state index is 0.0582. The topological polar surface area (TPSA) is 71.3 Å². The van der Waals surface area contributed by atoms with E-state index in [1.807, 2.05) is 11.8 Å². The molecule has 1 unspecified atom stereocenters. The summed E-state index contributed by atoms with van der Waals surface area (Å²) in [4.78, 5) is 18.5. The normalized spacial score (nSPS) is 23.5. The average molecular weight is 292 g/mol. The number of piperidine rings is 1. The largest absolute Gasteiger partial charge is 0.339 e. The molecule has 0 bridgehead atoms. The number of hydrogen-bond donors (Lipinski definition) is 1. The lowest BCUT2D eigenvalue weighted by Crippen LogP contribution is -2.46. The Labute approximate surface area is 125 Å². The zero-order valence-electron chi connectivity index (χ0n) is 12.7. The first kappa shape index (κ1) is 14.4. The van der Waals surface area contributed by atoms with Gasteiger partial charge in [0.05, 0.1) is 5.92 Å². The van der Waals surface area contributed by atoms with E-state index in [0.717, 1.165) is 25.9 Å². The lowest BCUT2D eigenvalue weighted by Gasteiger charge is -2.31. The third-order valence-electron chi connectivity index (χ3n) is 4.62. The van der Waals surface area contributed by atoms with Gasteiger partial charge in [0.25, 0.3) is 0 Å². The summed E-state index contributed by atoms with van der Waals surface area (Å²) in [6.07, 6.45) is 7.12. The Balaban J connectivity index is 1.51. The molecule has 116 valence electrons. The van der Waals surface area contributed by atoms with Crippen LogP contribution in [0.2, 0.25) is 0 Å². The van der Waals surface area contributed by atoms with E-state index in [2.05, 4.69) is 15.5 Å². The molecule has 0 radical (unpaired) electrons. The number of likely N-dealkylation sites (tertiary alicyclic amines) is 1. The van der Waals surface area contributed by atoms with Crippen molar-refractivity contribution in [1.82, 2.24) is 20.4 Å². The van der Waals surface area contributed by atoms with E-state index >= 15 is 0 Å². The zero-order valence-corrected chi connectivity index (χ0v) is 12.7. The highest BCUT2D eigenvalue weighted by Gasteiger charge is 2.28. The van der Waals surface area contributed by atoms with E-state index in [9.17, 15) is 4.79 Å². The van der Waals surface area contributed by atoms with Crippen molar-refractivity contribution in [2.24, 2.45) is 5.92 Å². The van der Waals surface area contributed by atoms with Gasteiger partial charge in [-0.05, 0) is 38.5 Å². The quantitative estimate of drug-likeness (QED) is 0.929. The maximum absolute atomic E-state index is 12.3. The number of aromatic nitrogens is 2. The third kappa shape index (κ3) is 3.54. The first-order valence-corrected chi connectivity index (χ1v) is 8.05. The lowest BCUT2D eigenvalue weighted by atomic mass is 9.98. The number of carbonyl (C=O) groups excluding carboxylic acids is 1. The van der Waals surface area contributed by atoms with Crippen LogP contribution in [-0.2, 0) is 0 Å².